The molecule has 3 heteroatoms. The van der Waals surface area contributed by atoms with Crippen LogP contribution in [0.15, 0.2) is 0 Å². The van der Waals surface area contributed by atoms with E-state index < -0.39 is 0 Å². The Bertz CT molecular complexity index is 166. The summed E-state index contributed by atoms with van der Waals surface area (Å²) in [6.45, 7) is 6.09. The fourth-order valence-electron chi connectivity index (χ4n) is 2.05. The van der Waals surface area contributed by atoms with Crippen LogP contribution in [0.1, 0.15) is 84.5 Å². The molecule has 0 saturated carbocycles. The summed E-state index contributed by atoms with van der Waals surface area (Å²) in [5, 5.41) is 1.14. The molecule has 0 heterocycles. The molecule has 0 aromatic rings. The van der Waals surface area contributed by atoms with E-state index in [4.69, 9.17) is 9.47 Å². The lowest BCUT2D eigenvalue weighted by Crippen LogP contribution is -2.18. The number of unbranched alkanes of at least 4 members (excludes halogenated alkanes) is 7. The van der Waals surface area contributed by atoms with Gasteiger partial charge in [0, 0.05) is 18.5 Å². The standard InChI is InChI=1S/C17H35BrO2/c1-3-5-15-19-17(20-16-6-4-2)13-11-9-7-8-10-12-14-18/h17H,3-16H2,1-2H3. The Hall–Kier alpha value is 0.400. The average molecular weight is 351 g/mol. The van der Waals surface area contributed by atoms with E-state index in [0.29, 0.717) is 0 Å². The summed E-state index contributed by atoms with van der Waals surface area (Å²) in [6.07, 6.45) is 13.7. The summed E-state index contributed by atoms with van der Waals surface area (Å²) in [5.74, 6) is 0. The van der Waals surface area contributed by atoms with E-state index in [-0.39, 0.29) is 6.29 Å². The van der Waals surface area contributed by atoms with Gasteiger partial charge in [-0.1, -0.05) is 68.3 Å². The van der Waals surface area contributed by atoms with Gasteiger partial charge in [-0.2, -0.15) is 0 Å². The highest BCUT2D eigenvalue weighted by Crippen LogP contribution is 2.13. The van der Waals surface area contributed by atoms with E-state index in [1.165, 1.54) is 51.4 Å². The smallest absolute Gasteiger partial charge is 0.157 e. The lowest BCUT2D eigenvalue weighted by atomic mass is 10.1. The zero-order chi connectivity index (χ0) is 14.9. The van der Waals surface area contributed by atoms with Gasteiger partial charge in [-0.25, -0.2) is 0 Å². The molecule has 0 atom stereocenters. The van der Waals surface area contributed by atoms with Crippen LogP contribution in [0.25, 0.3) is 0 Å². The Morgan fingerprint density at radius 1 is 0.700 bits per heavy atom. The summed E-state index contributed by atoms with van der Waals surface area (Å²) in [7, 11) is 0. The topological polar surface area (TPSA) is 18.5 Å². The molecule has 0 aromatic carbocycles. The van der Waals surface area contributed by atoms with Crippen LogP contribution < -0.4 is 0 Å². The van der Waals surface area contributed by atoms with E-state index in [1.54, 1.807) is 0 Å². The molecular formula is C17H35BrO2. The normalized spacial score (nSPS) is 11.4. The monoisotopic (exact) mass is 350 g/mol. The molecule has 0 unspecified atom stereocenters. The van der Waals surface area contributed by atoms with Gasteiger partial charge >= 0.3 is 0 Å². The number of halogens is 1. The fourth-order valence-corrected chi connectivity index (χ4v) is 2.44. The maximum Gasteiger partial charge on any atom is 0.157 e. The SMILES string of the molecule is CCCCOC(CCCCCCCCBr)OCCCC. The number of alkyl halides is 1. The molecule has 122 valence electrons. The lowest BCUT2D eigenvalue weighted by molar-refractivity contribution is -0.147. The van der Waals surface area contributed by atoms with Crippen molar-refractivity contribution in [3.05, 3.63) is 0 Å². The maximum absolute atomic E-state index is 5.85. The van der Waals surface area contributed by atoms with E-state index in [2.05, 4.69) is 29.8 Å². The van der Waals surface area contributed by atoms with Crippen molar-refractivity contribution in [1.82, 2.24) is 0 Å². The predicted molar refractivity (Wildman–Crippen MR) is 91.6 cm³/mol. The first-order chi connectivity index (χ1) is 9.85. The molecule has 0 radical (unpaired) electrons. The van der Waals surface area contributed by atoms with Gasteiger partial charge in [-0.3, -0.25) is 0 Å². The molecule has 0 bridgehead atoms. The number of hydrogen-bond donors (Lipinski definition) is 0. The van der Waals surface area contributed by atoms with Gasteiger partial charge < -0.3 is 9.47 Å². The summed E-state index contributed by atoms with van der Waals surface area (Å²) in [6, 6.07) is 0. The van der Waals surface area contributed by atoms with Gasteiger partial charge in [0.15, 0.2) is 6.29 Å². The van der Waals surface area contributed by atoms with E-state index in [0.717, 1.165) is 37.8 Å². The Kier molecular flexibility index (Phi) is 17.8. The molecular weight excluding hydrogens is 316 g/mol. The molecule has 20 heavy (non-hydrogen) atoms. The molecule has 0 rings (SSSR count). The minimum absolute atomic E-state index is 0.0376. The lowest BCUT2D eigenvalue weighted by Gasteiger charge is -2.18. The molecule has 0 spiro atoms. The second-order valence-corrected chi connectivity index (χ2v) is 6.27. The van der Waals surface area contributed by atoms with Gasteiger partial charge in [0.1, 0.15) is 0 Å². The van der Waals surface area contributed by atoms with Gasteiger partial charge in [0.2, 0.25) is 0 Å². The van der Waals surface area contributed by atoms with Crippen LogP contribution in [0.2, 0.25) is 0 Å². The van der Waals surface area contributed by atoms with E-state index >= 15 is 0 Å². The maximum atomic E-state index is 5.85. The van der Waals surface area contributed by atoms with Gasteiger partial charge in [0.05, 0.1) is 0 Å². The van der Waals surface area contributed by atoms with E-state index in [9.17, 15) is 0 Å². The van der Waals surface area contributed by atoms with Gasteiger partial charge in [0.25, 0.3) is 0 Å². The Morgan fingerprint density at radius 3 is 1.70 bits per heavy atom. The highest BCUT2D eigenvalue weighted by Gasteiger charge is 2.08. The van der Waals surface area contributed by atoms with E-state index in [1.807, 2.05) is 0 Å². The number of hydrogen-bond acceptors (Lipinski definition) is 2. The Labute approximate surface area is 135 Å². The number of ether oxygens (including phenoxy) is 2. The van der Waals surface area contributed by atoms with Crippen LogP contribution in [0.5, 0.6) is 0 Å². The van der Waals surface area contributed by atoms with Crippen LogP contribution in [-0.4, -0.2) is 24.8 Å². The van der Waals surface area contributed by atoms with Crippen molar-refractivity contribution in [2.24, 2.45) is 0 Å². The summed E-state index contributed by atoms with van der Waals surface area (Å²) >= 11 is 3.48. The van der Waals surface area contributed by atoms with Crippen LogP contribution in [0, 0.1) is 0 Å². The molecule has 0 aliphatic heterocycles. The molecule has 0 saturated heterocycles. The quantitative estimate of drug-likeness (QED) is 0.191. The second kappa shape index (κ2) is 17.5. The van der Waals surface area contributed by atoms with Gasteiger partial charge in [-0.05, 0) is 32.1 Å². The van der Waals surface area contributed by atoms with Gasteiger partial charge in [-0.15, -0.1) is 0 Å². The van der Waals surface area contributed by atoms with Crippen LogP contribution in [0.3, 0.4) is 0 Å². The summed E-state index contributed by atoms with van der Waals surface area (Å²) in [5.41, 5.74) is 0. The third-order valence-corrected chi connectivity index (χ3v) is 3.99. The molecule has 0 aromatic heterocycles. The molecule has 0 aliphatic carbocycles. The van der Waals surface area contributed by atoms with Crippen molar-refractivity contribution >= 4 is 15.9 Å². The predicted octanol–water partition coefficient (Wildman–Crippen LogP) is 6.07. The highest BCUT2D eigenvalue weighted by atomic mass is 79.9. The third kappa shape index (κ3) is 14.8. The van der Waals surface area contributed by atoms with Crippen molar-refractivity contribution in [3.63, 3.8) is 0 Å². The highest BCUT2D eigenvalue weighted by molar-refractivity contribution is 9.09. The van der Waals surface area contributed by atoms with Crippen molar-refractivity contribution in [2.45, 2.75) is 90.8 Å². The molecule has 0 N–H and O–H groups in total. The van der Waals surface area contributed by atoms with Crippen molar-refractivity contribution in [3.8, 4) is 0 Å². The Balaban J connectivity index is 3.56. The average Bonchev–Trinajstić information content (AvgIpc) is 2.46. The van der Waals surface area contributed by atoms with Crippen LogP contribution >= 0.6 is 15.9 Å². The zero-order valence-corrected chi connectivity index (χ0v) is 15.3. The van der Waals surface area contributed by atoms with Crippen LogP contribution in [0.4, 0.5) is 0 Å². The van der Waals surface area contributed by atoms with Crippen molar-refractivity contribution < 1.29 is 9.47 Å². The Morgan fingerprint density at radius 2 is 1.20 bits per heavy atom. The van der Waals surface area contributed by atoms with Crippen LogP contribution in [-0.2, 0) is 9.47 Å². The summed E-state index contributed by atoms with van der Waals surface area (Å²) < 4.78 is 11.7. The largest absolute Gasteiger partial charge is 0.353 e. The molecule has 0 fully saturated rings. The molecule has 0 amide bonds. The first-order valence-corrected chi connectivity index (χ1v) is 9.76. The third-order valence-electron chi connectivity index (χ3n) is 3.43. The second-order valence-electron chi connectivity index (χ2n) is 5.48. The number of rotatable bonds is 16. The zero-order valence-electron chi connectivity index (χ0n) is 13.7. The molecule has 0 aliphatic rings. The van der Waals surface area contributed by atoms with Crippen molar-refractivity contribution in [1.29, 1.82) is 0 Å². The molecule has 2 nitrogen and oxygen atoms in total. The van der Waals surface area contributed by atoms with Crippen molar-refractivity contribution in [2.75, 3.05) is 18.5 Å². The fraction of sp³-hybridized carbons (Fsp3) is 1.00. The minimum atomic E-state index is 0.0376. The first-order valence-electron chi connectivity index (χ1n) is 8.64. The minimum Gasteiger partial charge on any atom is -0.353 e. The first kappa shape index (κ1) is 20.4. The summed E-state index contributed by atoms with van der Waals surface area (Å²) in [4.78, 5) is 0.